The largest absolute Gasteiger partial charge is 0.496 e. The first-order valence-corrected chi connectivity index (χ1v) is 11.2. The summed E-state index contributed by atoms with van der Waals surface area (Å²) in [4.78, 5) is 6.36. The predicted molar refractivity (Wildman–Crippen MR) is 117 cm³/mol. The molecule has 0 amide bonds. The van der Waals surface area contributed by atoms with E-state index in [4.69, 9.17) is 4.74 Å². The number of hydrogen-bond acceptors (Lipinski definition) is 5. The van der Waals surface area contributed by atoms with Crippen molar-refractivity contribution in [1.29, 1.82) is 0 Å². The van der Waals surface area contributed by atoms with Crippen molar-refractivity contribution in [1.82, 2.24) is 9.80 Å². The quantitative estimate of drug-likeness (QED) is 0.682. The zero-order valence-corrected chi connectivity index (χ0v) is 18.0. The van der Waals surface area contributed by atoms with Crippen LogP contribution in [0.3, 0.4) is 0 Å². The fraction of sp³-hybridized carbons (Fsp3) is 0.478. The van der Waals surface area contributed by atoms with Gasteiger partial charge in [0, 0.05) is 50.3 Å². The number of ether oxygens (including phenoxy) is 1. The van der Waals surface area contributed by atoms with E-state index in [0.29, 0.717) is 6.04 Å². The van der Waals surface area contributed by atoms with E-state index in [1.54, 1.807) is 18.9 Å². The van der Waals surface area contributed by atoms with Gasteiger partial charge < -0.3 is 9.84 Å². The lowest BCUT2D eigenvalue weighted by molar-refractivity contribution is 0.0499. The average molecular weight is 401 g/mol. The van der Waals surface area contributed by atoms with E-state index < -0.39 is 0 Å². The molecule has 5 heteroatoms. The zero-order valence-electron chi connectivity index (χ0n) is 17.2. The lowest BCUT2D eigenvalue weighted by Gasteiger charge is -2.41. The van der Waals surface area contributed by atoms with Crippen LogP contribution in [0.5, 0.6) is 5.75 Å². The summed E-state index contributed by atoms with van der Waals surface area (Å²) in [6, 6.07) is 15.6. The normalized spacial score (nSPS) is 18.4. The summed E-state index contributed by atoms with van der Waals surface area (Å²) in [5.74, 6) is 0.938. The Balaban J connectivity index is 1.64. The van der Waals surface area contributed by atoms with Gasteiger partial charge in [-0.05, 0) is 54.5 Å². The highest BCUT2D eigenvalue weighted by molar-refractivity contribution is 7.98. The van der Waals surface area contributed by atoms with Gasteiger partial charge in [0.1, 0.15) is 5.75 Å². The molecule has 0 aliphatic carbocycles. The number of piperazine rings is 1. The minimum absolute atomic E-state index is 0.235. The van der Waals surface area contributed by atoms with Gasteiger partial charge in [-0.25, -0.2) is 0 Å². The number of aliphatic hydroxyl groups is 1. The van der Waals surface area contributed by atoms with Gasteiger partial charge in [-0.1, -0.05) is 24.3 Å². The number of aryl methyl sites for hydroxylation is 1. The van der Waals surface area contributed by atoms with Gasteiger partial charge in [-0.15, -0.1) is 11.8 Å². The molecule has 1 N–H and O–H groups in total. The number of benzene rings is 2. The number of nitrogens with zero attached hydrogens (tertiary/aromatic N) is 2. The second-order valence-corrected chi connectivity index (χ2v) is 8.41. The van der Waals surface area contributed by atoms with Gasteiger partial charge >= 0.3 is 0 Å². The maximum absolute atomic E-state index is 9.59. The zero-order chi connectivity index (χ0) is 19.9. The highest BCUT2D eigenvalue weighted by Gasteiger charge is 2.26. The maximum Gasteiger partial charge on any atom is 0.121 e. The van der Waals surface area contributed by atoms with Crippen molar-refractivity contribution in [2.75, 3.05) is 39.6 Å². The minimum atomic E-state index is 0.235. The lowest BCUT2D eigenvalue weighted by atomic mass is 10.0. The Hall–Kier alpha value is -1.53. The summed E-state index contributed by atoms with van der Waals surface area (Å²) in [6.07, 6.45) is 2.94. The van der Waals surface area contributed by atoms with Gasteiger partial charge in [0.05, 0.1) is 7.11 Å². The fourth-order valence-corrected chi connectivity index (χ4v) is 4.52. The van der Waals surface area contributed by atoms with Crippen LogP contribution in [-0.4, -0.2) is 60.6 Å². The predicted octanol–water partition coefficient (Wildman–Crippen LogP) is 3.79. The van der Waals surface area contributed by atoms with Crippen LogP contribution in [0, 0.1) is 6.92 Å². The lowest BCUT2D eigenvalue weighted by Crippen LogP contribution is -2.52. The van der Waals surface area contributed by atoms with E-state index in [0.717, 1.165) is 44.9 Å². The molecule has 152 valence electrons. The Bertz CT molecular complexity index is 768. The summed E-state index contributed by atoms with van der Waals surface area (Å²) in [5.41, 5.74) is 3.85. The molecule has 0 spiro atoms. The molecule has 28 heavy (non-hydrogen) atoms. The first-order valence-electron chi connectivity index (χ1n) is 9.96. The van der Waals surface area contributed by atoms with E-state index >= 15 is 0 Å². The van der Waals surface area contributed by atoms with E-state index in [-0.39, 0.29) is 6.61 Å². The highest BCUT2D eigenvalue weighted by atomic mass is 32.2. The third kappa shape index (κ3) is 5.51. The van der Waals surface area contributed by atoms with Crippen LogP contribution in [-0.2, 0) is 13.1 Å². The summed E-state index contributed by atoms with van der Waals surface area (Å²) in [7, 11) is 1.72. The minimum Gasteiger partial charge on any atom is -0.496 e. The Morgan fingerprint density at radius 2 is 1.93 bits per heavy atom. The van der Waals surface area contributed by atoms with E-state index in [9.17, 15) is 5.11 Å². The van der Waals surface area contributed by atoms with E-state index in [1.807, 2.05) is 0 Å². The molecule has 2 aromatic rings. The van der Waals surface area contributed by atoms with Crippen LogP contribution >= 0.6 is 11.8 Å². The van der Waals surface area contributed by atoms with Gasteiger partial charge in [0.25, 0.3) is 0 Å². The molecule has 1 fully saturated rings. The van der Waals surface area contributed by atoms with Crippen LogP contribution in [0.2, 0.25) is 0 Å². The van der Waals surface area contributed by atoms with Gasteiger partial charge in [-0.3, -0.25) is 9.80 Å². The molecule has 0 bridgehead atoms. The second kappa shape index (κ2) is 10.3. The number of hydrogen-bond donors (Lipinski definition) is 1. The molecular formula is C23H32N2O2S. The molecule has 3 rings (SSSR count). The summed E-state index contributed by atoms with van der Waals surface area (Å²) in [5, 5.41) is 9.59. The Morgan fingerprint density at radius 1 is 1.11 bits per heavy atom. The van der Waals surface area contributed by atoms with Crippen LogP contribution in [0.1, 0.15) is 23.1 Å². The second-order valence-electron chi connectivity index (χ2n) is 7.53. The number of rotatable bonds is 8. The number of thioether (sulfide) groups is 1. The smallest absolute Gasteiger partial charge is 0.121 e. The van der Waals surface area contributed by atoms with Gasteiger partial charge in [-0.2, -0.15) is 0 Å². The molecule has 4 nitrogen and oxygen atoms in total. The molecule has 0 radical (unpaired) electrons. The van der Waals surface area contributed by atoms with Crippen LogP contribution in [0.4, 0.5) is 0 Å². The molecule has 1 heterocycles. The molecule has 1 aliphatic rings. The van der Waals surface area contributed by atoms with Crippen LogP contribution in [0.25, 0.3) is 0 Å². The SMILES string of the molecule is COc1ccc(CN2CCN(Cc3cccc(SC)c3)C[C@@H]2CCO)cc1C. The average Bonchev–Trinajstić information content (AvgIpc) is 2.70. The Kier molecular flexibility index (Phi) is 7.80. The molecule has 0 unspecified atom stereocenters. The monoisotopic (exact) mass is 400 g/mol. The van der Waals surface area contributed by atoms with Crippen molar-refractivity contribution < 1.29 is 9.84 Å². The van der Waals surface area contributed by atoms with E-state index in [2.05, 4.69) is 65.4 Å². The van der Waals surface area contributed by atoms with E-state index in [1.165, 1.54) is 21.6 Å². The van der Waals surface area contributed by atoms with Crippen molar-refractivity contribution in [3.05, 3.63) is 59.2 Å². The van der Waals surface area contributed by atoms with Gasteiger partial charge in [0.15, 0.2) is 0 Å². The third-order valence-corrected chi connectivity index (χ3v) is 6.26. The molecule has 1 atom stereocenters. The molecule has 0 aromatic heterocycles. The number of methoxy groups -OCH3 is 1. The molecule has 2 aromatic carbocycles. The standard InChI is InChI=1S/C23H32N2O2S/c1-18-13-20(7-8-23(18)27-2)16-25-11-10-24(17-21(25)9-12-26)15-19-5-4-6-22(14-19)28-3/h4-8,13-14,21,26H,9-12,15-17H2,1-3H3/t21-/m0/s1. The van der Waals surface area contributed by atoms with Gasteiger partial charge in [0.2, 0.25) is 0 Å². The first kappa shape index (κ1) is 21.2. The van der Waals surface area contributed by atoms with Crippen molar-refractivity contribution in [2.45, 2.75) is 37.4 Å². The Labute approximate surface area is 173 Å². The number of aliphatic hydroxyl groups excluding tert-OH is 1. The van der Waals surface area contributed by atoms with Crippen molar-refractivity contribution in [2.24, 2.45) is 0 Å². The molecular weight excluding hydrogens is 368 g/mol. The van der Waals surface area contributed by atoms with Crippen molar-refractivity contribution in [3.63, 3.8) is 0 Å². The fourth-order valence-electron chi connectivity index (χ4n) is 4.03. The first-order chi connectivity index (χ1) is 13.6. The van der Waals surface area contributed by atoms with Crippen molar-refractivity contribution >= 4 is 11.8 Å². The summed E-state index contributed by atoms with van der Waals surface area (Å²) >= 11 is 1.79. The van der Waals surface area contributed by atoms with Crippen LogP contribution in [0.15, 0.2) is 47.4 Å². The summed E-state index contributed by atoms with van der Waals surface area (Å²) < 4.78 is 5.38. The van der Waals surface area contributed by atoms with Crippen molar-refractivity contribution in [3.8, 4) is 5.75 Å². The topological polar surface area (TPSA) is 35.9 Å². The molecule has 0 saturated carbocycles. The highest BCUT2D eigenvalue weighted by Crippen LogP contribution is 2.23. The third-order valence-electron chi connectivity index (χ3n) is 5.54. The maximum atomic E-state index is 9.59. The molecule has 1 aliphatic heterocycles. The van der Waals surface area contributed by atoms with Crippen LogP contribution < -0.4 is 4.74 Å². The molecule has 1 saturated heterocycles. The summed E-state index contributed by atoms with van der Waals surface area (Å²) in [6.45, 7) is 7.31. The Morgan fingerprint density at radius 3 is 2.64 bits per heavy atom.